The van der Waals surface area contributed by atoms with Gasteiger partial charge in [-0.3, -0.25) is 0 Å². The van der Waals surface area contributed by atoms with Gasteiger partial charge in [-0.2, -0.15) is 0 Å². The summed E-state index contributed by atoms with van der Waals surface area (Å²) in [5.74, 6) is 0. The molecule has 1 N–H and O–H groups in total. The van der Waals surface area contributed by atoms with Gasteiger partial charge in [0.25, 0.3) is 0 Å². The Hall–Kier alpha value is -1.08. The second-order valence-electron chi connectivity index (χ2n) is 3.87. The summed E-state index contributed by atoms with van der Waals surface area (Å²) in [6, 6.07) is 9.17. The molecule has 1 nitrogen and oxygen atoms in total. The van der Waals surface area contributed by atoms with E-state index in [1.54, 1.807) is 0 Å². The zero-order valence-electron chi connectivity index (χ0n) is 9.30. The normalized spacial score (nSPS) is 12.5. The molecule has 0 saturated carbocycles. The topological polar surface area (TPSA) is 12.0 Å². The van der Waals surface area contributed by atoms with Crippen LogP contribution in [0.5, 0.6) is 0 Å². The maximum atomic E-state index is 3.92. The van der Waals surface area contributed by atoms with E-state index in [4.69, 9.17) is 0 Å². The Labute approximate surface area is 86.8 Å². The first kappa shape index (κ1) is 11.0. The molecule has 0 aliphatic heterocycles. The molecule has 1 atom stereocenters. The zero-order chi connectivity index (χ0) is 10.6. The monoisotopic (exact) mass is 189 g/mol. The van der Waals surface area contributed by atoms with Gasteiger partial charge in [0.05, 0.1) is 0 Å². The van der Waals surface area contributed by atoms with E-state index < -0.39 is 0 Å². The van der Waals surface area contributed by atoms with Crippen molar-refractivity contribution >= 4 is 5.57 Å². The molecule has 1 unspecified atom stereocenters. The van der Waals surface area contributed by atoms with Crippen molar-refractivity contribution in [3.63, 3.8) is 0 Å². The van der Waals surface area contributed by atoms with Gasteiger partial charge >= 0.3 is 0 Å². The number of likely N-dealkylation sites (N-methyl/N-ethyl adjacent to an activating group) is 1. The van der Waals surface area contributed by atoms with Crippen molar-refractivity contribution in [3.05, 3.63) is 42.0 Å². The van der Waals surface area contributed by atoms with Crippen LogP contribution in [0, 0.1) is 0 Å². The molecule has 0 saturated heterocycles. The molecule has 0 amide bonds. The largest absolute Gasteiger partial charge is 0.317 e. The predicted molar refractivity (Wildman–Crippen MR) is 63.4 cm³/mol. The Balaban J connectivity index is 2.68. The van der Waals surface area contributed by atoms with Crippen molar-refractivity contribution in [2.45, 2.75) is 26.3 Å². The maximum absolute atomic E-state index is 3.92. The van der Waals surface area contributed by atoms with Crippen molar-refractivity contribution in [3.8, 4) is 0 Å². The fourth-order valence-electron chi connectivity index (χ4n) is 1.38. The Morgan fingerprint density at radius 2 is 1.93 bits per heavy atom. The van der Waals surface area contributed by atoms with E-state index in [1.165, 1.54) is 11.1 Å². The number of hydrogen-bond acceptors (Lipinski definition) is 1. The van der Waals surface area contributed by atoms with Gasteiger partial charge in [-0.1, -0.05) is 36.4 Å². The summed E-state index contributed by atoms with van der Waals surface area (Å²) in [5, 5.41) is 3.23. The van der Waals surface area contributed by atoms with Crippen LogP contribution in [0.3, 0.4) is 0 Å². The molecule has 0 bridgehead atoms. The summed E-state index contributed by atoms with van der Waals surface area (Å²) in [7, 11) is 1.99. The van der Waals surface area contributed by atoms with Gasteiger partial charge in [-0.05, 0) is 38.4 Å². The Morgan fingerprint density at radius 3 is 2.36 bits per heavy atom. The third-order valence-electron chi connectivity index (χ3n) is 2.48. The number of nitrogens with one attached hydrogen (secondary N) is 1. The minimum Gasteiger partial charge on any atom is -0.317 e. The third kappa shape index (κ3) is 3.00. The second kappa shape index (κ2) is 4.97. The molecule has 0 fully saturated rings. The molecule has 1 aromatic rings. The fourth-order valence-corrected chi connectivity index (χ4v) is 1.38. The number of hydrogen-bond donors (Lipinski definition) is 1. The van der Waals surface area contributed by atoms with Crippen molar-refractivity contribution < 1.29 is 0 Å². The highest BCUT2D eigenvalue weighted by Crippen LogP contribution is 2.13. The lowest BCUT2D eigenvalue weighted by Crippen LogP contribution is -2.23. The highest BCUT2D eigenvalue weighted by atomic mass is 14.8. The highest BCUT2D eigenvalue weighted by molar-refractivity contribution is 5.61. The lowest BCUT2D eigenvalue weighted by Gasteiger charge is -2.10. The van der Waals surface area contributed by atoms with Gasteiger partial charge in [0, 0.05) is 6.04 Å². The quantitative estimate of drug-likeness (QED) is 0.768. The number of benzene rings is 1. The summed E-state index contributed by atoms with van der Waals surface area (Å²) >= 11 is 0. The molecule has 76 valence electrons. The summed E-state index contributed by atoms with van der Waals surface area (Å²) in [5.41, 5.74) is 3.72. The van der Waals surface area contributed by atoms with Crippen molar-refractivity contribution in [1.82, 2.24) is 5.32 Å². The van der Waals surface area contributed by atoms with Gasteiger partial charge in [-0.25, -0.2) is 0 Å². The number of rotatable bonds is 4. The average molecular weight is 189 g/mol. The van der Waals surface area contributed by atoms with Crippen LogP contribution in [0.15, 0.2) is 30.8 Å². The van der Waals surface area contributed by atoms with Crippen LogP contribution in [-0.4, -0.2) is 13.1 Å². The Morgan fingerprint density at radius 1 is 1.36 bits per heavy atom. The first-order valence-electron chi connectivity index (χ1n) is 5.05. The molecular formula is C13H19N. The van der Waals surface area contributed by atoms with Gasteiger partial charge in [-0.15, -0.1) is 0 Å². The summed E-state index contributed by atoms with van der Waals surface area (Å²) in [6.45, 7) is 8.14. The second-order valence-corrected chi connectivity index (χ2v) is 3.87. The average Bonchev–Trinajstić information content (AvgIpc) is 2.18. The van der Waals surface area contributed by atoms with E-state index in [2.05, 4.69) is 43.1 Å². The Bertz CT molecular complexity index is 298. The Kier molecular flexibility index (Phi) is 3.90. The molecule has 0 aliphatic carbocycles. The molecule has 1 rings (SSSR count). The van der Waals surface area contributed by atoms with Crippen LogP contribution >= 0.6 is 0 Å². The van der Waals surface area contributed by atoms with E-state index in [1.807, 2.05) is 14.0 Å². The molecular weight excluding hydrogens is 170 g/mol. The van der Waals surface area contributed by atoms with Crippen LogP contribution in [0.25, 0.3) is 5.57 Å². The summed E-state index contributed by atoms with van der Waals surface area (Å²) < 4.78 is 0. The van der Waals surface area contributed by atoms with Gasteiger partial charge < -0.3 is 5.32 Å². The third-order valence-corrected chi connectivity index (χ3v) is 2.48. The lowest BCUT2D eigenvalue weighted by atomic mass is 10.0. The molecule has 0 spiro atoms. The maximum Gasteiger partial charge on any atom is 0.00761 e. The van der Waals surface area contributed by atoms with E-state index >= 15 is 0 Å². The summed E-state index contributed by atoms with van der Waals surface area (Å²) in [6.07, 6.45) is 1.08. The van der Waals surface area contributed by atoms with Crippen LogP contribution in [0.4, 0.5) is 0 Å². The van der Waals surface area contributed by atoms with E-state index in [9.17, 15) is 0 Å². The smallest absolute Gasteiger partial charge is 0.00761 e. The number of allylic oxidation sites excluding steroid dienone is 1. The van der Waals surface area contributed by atoms with Gasteiger partial charge in [0.2, 0.25) is 0 Å². The highest BCUT2D eigenvalue weighted by Gasteiger charge is 2.00. The van der Waals surface area contributed by atoms with Crippen molar-refractivity contribution in [2.24, 2.45) is 0 Å². The van der Waals surface area contributed by atoms with Crippen molar-refractivity contribution in [1.29, 1.82) is 0 Å². The summed E-state index contributed by atoms with van der Waals surface area (Å²) in [4.78, 5) is 0. The van der Waals surface area contributed by atoms with Gasteiger partial charge in [0.15, 0.2) is 0 Å². The van der Waals surface area contributed by atoms with Gasteiger partial charge in [0.1, 0.15) is 0 Å². The van der Waals surface area contributed by atoms with E-state index in [-0.39, 0.29) is 0 Å². The predicted octanol–water partition coefficient (Wildman–Crippen LogP) is 2.87. The lowest BCUT2D eigenvalue weighted by molar-refractivity contribution is 0.608. The first-order valence-corrected chi connectivity index (χ1v) is 5.05. The van der Waals surface area contributed by atoms with Crippen LogP contribution in [0.2, 0.25) is 0 Å². The van der Waals surface area contributed by atoms with E-state index in [0.717, 1.165) is 12.0 Å². The van der Waals surface area contributed by atoms with E-state index in [0.29, 0.717) is 6.04 Å². The molecule has 1 heteroatoms. The van der Waals surface area contributed by atoms with Crippen LogP contribution < -0.4 is 5.32 Å². The molecule has 0 aromatic heterocycles. The fraction of sp³-hybridized carbons (Fsp3) is 0.385. The standard InChI is InChI=1S/C13H19N/c1-10(2)13-7-5-12(6-8-13)9-11(3)14-4/h5-8,11,14H,1,9H2,2-4H3. The molecule has 0 aliphatic rings. The zero-order valence-corrected chi connectivity index (χ0v) is 9.30. The molecule has 1 aromatic carbocycles. The molecule has 0 radical (unpaired) electrons. The van der Waals surface area contributed by atoms with Crippen LogP contribution in [-0.2, 0) is 6.42 Å². The SMILES string of the molecule is C=C(C)c1ccc(CC(C)NC)cc1. The van der Waals surface area contributed by atoms with Crippen LogP contribution in [0.1, 0.15) is 25.0 Å². The molecule has 0 heterocycles. The molecule has 14 heavy (non-hydrogen) atoms. The first-order chi connectivity index (χ1) is 6.63. The van der Waals surface area contributed by atoms with Crippen molar-refractivity contribution in [2.75, 3.05) is 7.05 Å². The minimum absolute atomic E-state index is 0.533. The minimum atomic E-state index is 0.533.